The van der Waals surface area contributed by atoms with Gasteiger partial charge in [-0.15, -0.1) is 0 Å². The lowest BCUT2D eigenvalue weighted by Crippen LogP contribution is -2.32. The summed E-state index contributed by atoms with van der Waals surface area (Å²) in [5.74, 6) is -0.449. The number of benzene rings is 3. The molecule has 12 nitrogen and oxygen atoms in total. The molecule has 0 aliphatic rings. The fourth-order valence-electron chi connectivity index (χ4n) is 4.07. The van der Waals surface area contributed by atoms with Crippen LogP contribution >= 0.6 is 0 Å². The second-order valence-corrected chi connectivity index (χ2v) is 9.64. The average Bonchev–Trinajstić information content (AvgIpc) is 3.05. The van der Waals surface area contributed by atoms with Crippen molar-refractivity contribution in [3.05, 3.63) is 108 Å². The van der Waals surface area contributed by atoms with Crippen molar-refractivity contribution >= 4 is 29.7 Å². The lowest BCUT2D eigenvalue weighted by atomic mass is 10.1. The topological polar surface area (TPSA) is 160 Å². The summed E-state index contributed by atoms with van der Waals surface area (Å²) in [7, 11) is 0. The van der Waals surface area contributed by atoms with Gasteiger partial charge < -0.3 is 35.8 Å². The predicted octanol–water partition coefficient (Wildman–Crippen LogP) is 3.47. The van der Waals surface area contributed by atoms with Gasteiger partial charge in [0.15, 0.2) is 0 Å². The summed E-state index contributed by atoms with van der Waals surface area (Å²) in [6.45, 7) is 2.78. The van der Waals surface area contributed by atoms with Gasteiger partial charge >= 0.3 is 5.97 Å². The summed E-state index contributed by atoms with van der Waals surface area (Å²) in [6, 6.07) is 27.2. The number of hydrogen-bond donors (Lipinski definition) is 5. The van der Waals surface area contributed by atoms with Gasteiger partial charge in [0.25, 0.3) is 5.91 Å². The predicted molar refractivity (Wildman–Crippen MR) is 168 cm³/mol. The molecule has 1 heterocycles. The molecule has 5 N–H and O–H groups in total. The zero-order valence-electron chi connectivity index (χ0n) is 24.3. The minimum Gasteiger partial charge on any atom is -0.480 e. The molecule has 4 aromatic rings. The highest BCUT2D eigenvalue weighted by atomic mass is 16.5. The molecule has 0 aliphatic carbocycles. The van der Waals surface area contributed by atoms with Crippen LogP contribution in [0, 0.1) is 0 Å². The van der Waals surface area contributed by atoms with Crippen molar-refractivity contribution in [2.75, 3.05) is 55.5 Å². The molecule has 12 heteroatoms. The molecule has 0 saturated carbocycles. The first-order chi connectivity index (χ1) is 21.6. The summed E-state index contributed by atoms with van der Waals surface area (Å²) in [5.41, 5.74) is 2.52. The number of hydrogen-bond acceptors (Lipinski definition) is 10. The molecule has 0 saturated heterocycles. The van der Waals surface area contributed by atoms with Gasteiger partial charge in [0.05, 0.1) is 26.4 Å². The van der Waals surface area contributed by atoms with Crippen LogP contribution in [0.2, 0.25) is 0 Å². The van der Waals surface area contributed by atoms with Crippen LogP contribution in [0.5, 0.6) is 0 Å². The standard InChI is InChI=1S/C32H37N7O5/c40-28(26-14-8-3-9-15-26)33-16-18-43-20-21-44-19-17-34-30-37-31(35-23-25-12-6-2-7-13-25)39-32(38-30)36-27(29(41)42)22-24-10-4-1-5-11-24/h1-15,27H,16-23H2,(H,33,40)(H,41,42)(H3,34,35,36,37,38,39)/t27-/m0/s1. The van der Waals surface area contributed by atoms with Gasteiger partial charge in [-0.05, 0) is 23.3 Å². The van der Waals surface area contributed by atoms with Crippen LogP contribution in [0.25, 0.3) is 0 Å². The molecule has 0 aliphatic heterocycles. The second-order valence-electron chi connectivity index (χ2n) is 9.64. The monoisotopic (exact) mass is 599 g/mol. The maximum atomic E-state index is 12.0. The Morgan fingerprint density at radius 3 is 1.84 bits per heavy atom. The van der Waals surface area contributed by atoms with Crippen molar-refractivity contribution in [3.8, 4) is 0 Å². The minimum atomic E-state index is -1.02. The van der Waals surface area contributed by atoms with Crippen LogP contribution in [0.15, 0.2) is 91.0 Å². The fraction of sp³-hybridized carbons (Fsp3) is 0.281. The van der Waals surface area contributed by atoms with E-state index in [-0.39, 0.29) is 24.2 Å². The van der Waals surface area contributed by atoms with E-state index in [4.69, 9.17) is 9.47 Å². The highest BCUT2D eigenvalue weighted by molar-refractivity contribution is 5.94. The molecule has 0 radical (unpaired) electrons. The summed E-state index contributed by atoms with van der Waals surface area (Å²) in [6.07, 6.45) is 0.257. The Kier molecular flexibility index (Phi) is 12.9. The van der Waals surface area contributed by atoms with Crippen LogP contribution in [0.3, 0.4) is 0 Å². The van der Waals surface area contributed by atoms with Crippen LogP contribution < -0.4 is 21.3 Å². The first kappa shape index (κ1) is 31.9. The number of aliphatic carboxylic acids is 1. The van der Waals surface area contributed by atoms with Crippen molar-refractivity contribution in [3.63, 3.8) is 0 Å². The van der Waals surface area contributed by atoms with Crippen molar-refractivity contribution in [2.24, 2.45) is 0 Å². The number of rotatable bonds is 19. The average molecular weight is 600 g/mol. The fourth-order valence-corrected chi connectivity index (χ4v) is 4.07. The third kappa shape index (κ3) is 11.3. The van der Waals surface area contributed by atoms with E-state index in [1.165, 1.54) is 0 Å². The van der Waals surface area contributed by atoms with Crippen molar-refractivity contribution in [1.29, 1.82) is 0 Å². The maximum Gasteiger partial charge on any atom is 0.326 e. The number of nitrogens with zero attached hydrogens (tertiary/aromatic N) is 3. The number of ether oxygens (including phenoxy) is 2. The molecular formula is C32H37N7O5. The van der Waals surface area contributed by atoms with Crippen LogP contribution in [0.1, 0.15) is 21.5 Å². The minimum absolute atomic E-state index is 0.134. The van der Waals surface area contributed by atoms with Gasteiger partial charge in [-0.25, -0.2) is 4.79 Å². The number of carbonyl (C=O) groups is 2. The molecule has 3 aromatic carbocycles. The smallest absolute Gasteiger partial charge is 0.326 e. The highest BCUT2D eigenvalue weighted by Crippen LogP contribution is 2.14. The summed E-state index contributed by atoms with van der Waals surface area (Å²) in [5, 5.41) is 21.9. The van der Waals surface area contributed by atoms with E-state index < -0.39 is 12.0 Å². The number of carbonyl (C=O) groups excluding carboxylic acids is 1. The van der Waals surface area contributed by atoms with Gasteiger partial charge in [0, 0.05) is 31.6 Å². The number of anilines is 3. The Morgan fingerprint density at radius 1 is 0.659 bits per heavy atom. The van der Waals surface area contributed by atoms with Crippen LogP contribution in [0.4, 0.5) is 17.8 Å². The molecule has 0 bridgehead atoms. The Labute approximate surface area is 256 Å². The second kappa shape index (κ2) is 17.8. The third-order valence-electron chi connectivity index (χ3n) is 6.28. The van der Waals surface area contributed by atoms with E-state index in [2.05, 4.69) is 36.2 Å². The van der Waals surface area contributed by atoms with Gasteiger partial charge in [-0.2, -0.15) is 15.0 Å². The lowest BCUT2D eigenvalue weighted by Gasteiger charge is -2.16. The van der Waals surface area contributed by atoms with Gasteiger partial charge in [-0.1, -0.05) is 78.9 Å². The lowest BCUT2D eigenvalue weighted by molar-refractivity contribution is -0.137. The molecule has 0 fully saturated rings. The Bertz CT molecular complexity index is 1430. The van der Waals surface area contributed by atoms with Crippen molar-refractivity contribution < 1.29 is 24.2 Å². The van der Waals surface area contributed by atoms with E-state index in [0.717, 1.165) is 11.1 Å². The molecule has 0 unspecified atom stereocenters. The van der Waals surface area contributed by atoms with E-state index in [1.807, 2.05) is 78.9 Å². The summed E-state index contributed by atoms with van der Waals surface area (Å²) >= 11 is 0. The largest absolute Gasteiger partial charge is 0.480 e. The van der Waals surface area contributed by atoms with Gasteiger partial charge in [0.1, 0.15) is 6.04 Å². The van der Waals surface area contributed by atoms with Crippen LogP contribution in [-0.4, -0.2) is 77.5 Å². The van der Waals surface area contributed by atoms with Gasteiger partial charge in [0.2, 0.25) is 17.8 Å². The van der Waals surface area contributed by atoms with Crippen LogP contribution in [-0.2, 0) is 27.2 Å². The van der Waals surface area contributed by atoms with E-state index in [0.29, 0.717) is 57.6 Å². The molecule has 4 rings (SSSR count). The molecule has 1 amide bonds. The zero-order valence-corrected chi connectivity index (χ0v) is 24.3. The number of aromatic nitrogens is 3. The van der Waals surface area contributed by atoms with Crippen molar-refractivity contribution in [1.82, 2.24) is 20.3 Å². The summed E-state index contributed by atoms with van der Waals surface area (Å²) < 4.78 is 11.1. The SMILES string of the molecule is O=C(NCCOCCOCCNc1nc(NCc2ccccc2)nc(N[C@@H](Cc2ccccc2)C(=O)O)n1)c1ccccc1. The third-order valence-corrected chi connectivity index (χ3v) is 6.28. The Balaban J connectivity index is 1.23. The molecule has 1 aromatic heterocycles. The highest BCUT2D eigenvalue weighted by Gasteiger charge is 2.20. The maximum absolute atomic E-state index is 12.0. The quantitative estimate of drug-likeness (QED) is 0.100. The normalized spacial score (nSPS) is 11.4. The Hall–Kier alpha value is -5.07. The van der Waals surface area contributed by atoms with Gasteiger partial charge in [-0.3, -0.25) is 4.79 Å². The number of carboxylic acid groups (broad SMARTS) is 1. The van der Waals surface area contributed by atoms with Crippen molar-refractivity contribution in [2.45, 2.75) is 19.0 Å². The number of carboxylic acids is 1. The van der Waals surface area contributed by atoms with E-state index >= 15 is 0 Å². The molecule has 1 atom stereocenters. The number of nitrogens with one attached hydrogen (secondary N) is 4. The first-order valence-corrected chi connectivity index (χ1v) is 14.4. The molecule has 230 valence electrons. The number of amides is 1. The molecule has 44 heavy (non-hydrogen) atoms. The Morgan fingerprint density at radius 2 is 1.20 bits per heavy atom. The zero-order chi connectivity index (χ0) is 30.8. The molecular weight excluding hydrogens is 562 g/mol. The molecule has 0 spiro atoms. The van der Waals surface area contributed by atoms with E-state index in [1.54, 1.807) is 12.1 Å². The first-order valence-electron chi connectivity index (χ1n) is 14.4. The van der Waals surface area contributed by atoms with E-state index in [9.17, 15) is 14.7 Å². The summed E-state index contributed by atoms with van der Waals surface area (Å²) in [4.78, 5) is 37.3.